The minimum Gasteiger partial charge on any atom is -0.398 e. The second-order valence-electron chi connectivity index (χ2n) is 5.04. The van der Waals surface area contributed by atoms with Crippen molar-refractivity contribution >= 4 is 11.6 Å². The molecule has 2 N–H and O–H groups in total. The fraction of sp³-hybridized carbons (Fsp3) is 0.385. The van der Waals surface area contributed by atoms with Crippen LogP contribution in [-0.2, 0) is 0 Å². The number of hydrogen-bond donors (Lipinski definition) is 1. The summed E-state index contributed by atoms with van der Waals surface area (Å²) in [6.07, 6.45) is 0. The first-order chi connectivity index (χ1) is 10.0. The zero-order valence-electron chi connectivity index (χ0n) is 11.5. The Balaban J connectivity index is 1.87. The fourth-order valence-corrected chi connectivity index (χ4v) is 2.21. The van der Waals surface area contributed by atoms with E-state index in [-0.39, 0.29) is 17.1 Å². The summed E-state index contributed by atoms with van der Waals surface area (Å²) in [6.45, 7) is 3.36. The molecule has 1 fully saturated rings. The standard InChI is InChI=1S/C13H15F2N5O/c1-19-2-4-20(5-3-19)13-17-12(21-18-13)8-6-9(14)10(15)7-11(8)16/h6-7H,2-5,16H2,1H3. The summed E-state index contributed by atoms with van der Waals surface area (Å²) in [5.41, 5.74) is 5.93. The van der Waals surface area contributed by atoms with Gasteiger partial charge in [-0.2, -0.15) is 4.98 Å². The molecule has 1 aromatic carbocycles. The molecule has 0 spiro atoms. The first kappa shape index (κ1) is 13.7. The van der Waals surface area contributed by atoms with Crippen molar-refractivity contribution in [3.8, 4) is 11.5 Å². The average molecular weight is 295 g/mol. The summed E-state index contributed by atoms with van der Waals surface area (Å²) < 4.78 is 31.5. The Bertz CT molecular complexity index is 652. The number of piperazine rings is 1. The number of hydrogen-bond acceptors (Lipinski definition) is 6. The molecule has 112 valence electrons. The zero-order chi connectivity index (χ0) is 15.0. The largest absolute Gasteiger partial charge is 0.398 e. The molecule has 0 radical (unpaired) electrons. The summed E-state index contributed by atoms with van der Waals surface area (Å²) in [5, 5.41) is 3.88. The number of halogens is 2. The van der Waals surface area contributed by atoms with Crippen molar-refractivity contribution in [3.05, 3.63) is 23.8 Å². The van der Waals surface area contributed by atoms with Gasteiger partial charge in [-0.15, -0.1) is 0 Å². The number of nitrogen functional groups attached to an aromatic ring is 1. The Morgan fingerprint density at radius 3 is 2.52 bits per heavy atom. The van der Waals surface area contributed by atoms with Crippen LogP contribution in [0.4, 0.5) is 20.4 Å². The van der Waals surface area contributed by atoms with Gasteiger partial charge in [0.05, 0.1) is 5.56 Å². The Kier molecular flexibility index (Phi) is 3.46. The molecule has 1 saturated heterocycles. The molecule has 2 aromatic rings. The van der Waals surface area contributed by atoms with Gasteiger partial charge in [-0.1, -0.05) is 0 Å². The van der Waals surface area contributed by atoms with Crippen LogP contribution in [0.15, 0.2) is 16.7 Å². The van der Waals surface area contributed by atoms with E-state index in [9.17, 15) is 8.78 Å². The summed E-state index contributed by atoms with van der Waals surface area (Å²) in [7, 11) is 2.04. The van der Waals surface area contributed by atoms with Crippen molar-refractivity contribution in [2.45, 2.75) is 0 Å². The number of likely N-dealkylation sites (N-methyl/N-ethyl adjacent to an activating group) is 1. The smallest absolute Gasteiger partial charge is 0.266 e. The summed E-state index contributed by atoms with van der Waals surface area (Å²) in [5.74, 6) is -1.49. The quantitative estimate of drug-likeness (QED) is 0.843. The predicted octanol–water partition coefficient (Wildman–Crippen LogP) is 1.35. The molecule has 0 bridgehead atoms. The molecule has 1 aliphatic rings. The highest BCUT2D eigenvalue weighted by Crippen LogP contribution is 2.28. The molecule has 3 rings (SSSR count). The second-order valence-corrected chi connectivity index (χ2v) is 5.04. The monoisotopic (exact) mass is 295 g/mol. The van der Waals surface area contributed by atoms with E-state index in [2.05, 4.69) is 15.0 Å². The third-order valence-electron chi connectivity index (χ3n) is 3.52. The van der Waals surface area contributed by atoms with E-state index < -0.39 is 11.6 Å². The lowest BCUT2D eigenvalue weighted by molar-refractivity contribution is 0.309. The molecule has 21 heavy (non-hydrogen) atoms. The van der Waals surface area contributed by atoms with E-state index in [0.29, 0.717) is 5.95 Å². The minimum absolute atomic E-state index is 0.0578. The number of nitrogens with zero attached hydrogens (tertiary/aromatic N) is 4. The van der Waals surface area contributed by atoms with Crippen molar-refractivity contribution in [1.29, 1.82) is 0 Å². The molecule has 0 amide bonds. The highest BCUT2D eigenvalue weighted by molar-refractivity contribution is 5.70. The van der Waals surface area contributed by atoms with Crippen molar-refractivity contribution < 1.29 is 13.3 Å². The maximum atomic E-state index is 13.3. The van der Waals surface area contributed by atoms with Crippen LogP contribution in [0.3, 0.4) is 0 Å². The average Bonchev–Trinajstić information content (AvgIpc) is 2.93. The van der Waals surface area contributed by atoms with Crippen LogP contribution in [0.5, 0.6) is 0 Å². The lowest BCUT2D eigenvalue weighted by atomic mass is 10.1. The van der Waals surface area contributed by atoms with E-state index in [4.69, 9.17) is 10.3 Å². The number of aromatic nitrogens is 2. The molecular weight excluding hydrogens is 280 g/mol. The van der Waals surface area contributed by atoms with E-state index in [1.807, 2.05) is 11.9 Å². The summed E-state index contributed by atoms with van der Waals surface area (Å²) in [6, 6.07) is 1.87. The third-order valence-corrected chi connectivity index (χ3v) is 3.52. The Morgan fingerprint density at radius 2 is 1.81 bits per heavy atom. The van der Waals surface area contributed by atoms with Gasteiger partial charge in [0, 0.05) is 37.9 Å². The molecule has 0 saturated carbocycles. The zero-order valence-corrected chi connectivity index (χ0v) is 11.5. The van der Waals surface area contributed by atoms with Crippen molar-refractivity contribution in [2.24, 2.45) is 0 Å². The van der Waals surface area contributed by atoms with E-state index in [0.717, 1.165) is 38.3 Å². The van der Waals surface area contributed by atoms with Crippen LogP contribution in [0, 0.1) is 11.6 Å². The third kappa shape index (κ3) is 2.66. The van der Waals surface area contributed by atoms with Gasteiger partial charge in [0.2, 0.25) is 0 Å². The Labute approximate surface area is 120 Å². The lowest BCUT2D eigenvalue weighted by Gasteiger charge is -2.31. The Hall–Kier alpha value is -2.22. The topological polar surface area (TPSA) is 71.4 Å². The molecule has 1 aromatic heterocycles. The van der Waals surface area contributed by atoms with Gasteiger partial charge in [-0.3, -0.25) is 0 Å². The number of nitrogens with two attached hydrogens (primary N) is 1. The van der Waals surface area contributed by atoms with Gasteiger partial charge in [0.15, 0.2) is 11.6 Å². The SMILES string of the molecule is CN1CCN(c2noc(-c3cc(F)c(F)cc3N)n2)CC1. The number of anilines is 2. The highest BCUT2D eigenvalue weighted by atomic mass is 19.2. The maximum Gasteiger partial charge on any atom is 0.266 e. The molecule has 8 heteroatoms. The van der Waals surface area contributed by atoms with Crippen molar-refractivity contribution in [2.75, 3.05) is 43.9 Å². The van der Waals surface area contributed by atoms with Gasteiger partial charge < -0.3 is 20.1 Å². The second kappa shape index (κ2) is 5.28. The number of benzene rings is 1. The molecule has 0 unspecified atom stereocenters. The van der Waals surface area contributed by atoms with Crippen LogP contribution in [0.25, 0.3) is 11.5 Å². The highest BCUT2D eigenvalue weighted by Gasteiger charge is 2.21. The normalized spacial score (nSPS) is 16.4. The molecule has 1 aliphatic heterocycles. The fourth-order valence-electron chi connectivity index (χ4n) is 2.21. The van der Waals surface area contributed by atoms with Gasteiger partial charge in [0.1, 0.15) is 0 Å². The van der Waals surface area contributed by atoms with Crippen molar-refractivity contribution in [3.63, 3.8) is 0 Å². The molecule has 2 heterocycles. The summed E-state index contributed by atoms with van der Waals surface area (Å²) >= 11 is 0. The van der Waals surface area contributed by atoms with E-state index >= 15 is 0 Å². The molecule has 0 atom stereocenters. The predicted molar refractivity (Wildman–Crippen MR) is 73.8 cm³/mol. The summed E-state index contributed by atoms with van der Waals surface area (Å²) in [4.78, 5) is 8.40. The van der Waals surface area contributed by atoms with Crippen molar-refractivity contribution in [1.82, 2.24) is 15.0 Å². The van der Waals surface area contributed by atoms with Crippen LogP contribution in [0.2, 0.25) is 0 Å². The molecular formula is C13H15F2N5O. The molecule has 6 nitrogen and oxygen atoms in total. The van der Waals surface area contributed by atoms with Crippen LogP contribution in [0.1, 0.15) is 0 Å². The van der Waals surface area contributed by atoms with E-state index in [1.165, 1.54) is 0 Å². The first-order valence-electron chi connectivity index (χ1n) is 6.56. The van der Waals surface area contributed by atoms with Gasteiger partial charge in [-0.05, 0) is 18.3 Å². The lowest BCUT2D eigenvalue weighted by Crippen LogP contribution is -2.44. The van der Waals surface area contributed by atoms with Crippen LogP contribution in [-0.4, -0.2) is 48.3 Å². The maximum absolute atomic E-state index is 13.3. The first-order valence-corrected chi connectivity index (χ1v) is 6.56. The minimum atomic E-state index is -1.00. The number of rotatable bonds is 2. The Morgan fingerprint density at radius 1 is 1.14 bits per heavy atom. The van der Waals surface area contributed by atoms with E-state index in [1.54, 1.807) is 0 Å². The van der Waals surface area contributed by atoms with Gasteiger partial charge >= 0.3 is 0 Å². The van der Waals surface area contributed by atoms with Crippen LogP contribution >= 0.6 is 0 Å². The van der Waals surface area contributed by atoms with Crippen LogP contribution < -0.4 is 10.6 Å². The van der Waals surface area contributed by atoms with Gasteiger partial charge in [0.25, 0.3) is 11.8 Å². The molecule has 0 aliphatic carbocycles. The van der Waals surface area contributed by atoms with Gasteiger partial charge in [-0.25, -0.2) is 8.78 Å².